The predicted molar refractivity (Wildman–Crippen MR) is 101 cm³/mol. The van der Waals surface area contributed by atoms with Crippen molar-refractivity contribution in [3.63, 3.8) is 0 Å². The molecule has 2 aromatic rings. The van der Waals surface area contributed by atoms with Gasteiger partial charge in [0.05, 0.1) is 0 Å². The first-order valence-corrected chi connectivity index (χ1v) is 9.63. The van der Waals surface area contributed by atoms with Gasteiger partial charge in [0.1, 0.15) is 0 Å². The minimum absolute atomic E-state index is 0.0796. The van der Waals surface area contributed by atoms with Crippen molar-refractivity contribution in [3.8, 4) is 0 Å². The van der Waals surface area contributed by atoms with E-state index in [1.54, 1.807) is 0 Å². The number of hydrogen-bond acceptors (Lipinski definition) is 0. The highest BCUT2D eigenvalue weighted by Gasteiger charge is 2.31. The van der Waals surface area contributed by atoms with Gasteiger partial charge in [0.15, 0.2) is 0 Å². The molecule has 0 nitrogen and oxygen atoms in total. The van der Waals surface area contributed by atoms with E-state index in [0.717, 1.165) is 32.7 Å². The summed E-state index contributed by atoms with van der Waals surface area (Å²) < 4.78 is 0. The molecule has 0 aliphatic carbocycles. The standard InChI is InChI=1S/C17H16Br2Cl2/c1-12-5-6-13(16(21)7-12)9-17(10-18,11-19)14-3-2-4-15(20)8-14/h2-8H,9-11H2,1H3. The van der Waals surface area contributed by atoms with E-state index in [-0.39, 0.29) is 5.41 Å². The third-order valence-corrected chi connectivity index (χ3v) is 6.42. The van der Waals surface area contributed by atoms with Gasteiger partial charge in [-0.05, 0) is 48.2 Å². The molecule has 112 valence electrons. The average Bonchev–Trinajstić information content (AvgIpc) is 2.47. The molecule has 0 saturated carbocycles. The smallest absolute Gasteiger partial charge is 0.0440 e. The Bertz CT molecular complexity index is 622. The number of alkyl halides is 2. The van der Waals surface area contributed by atoms with Crippen molar-refractivity contribution >= 4 is 55.1 Å². The van der Waals surface area contributed by atoms with E-state index in [0.29, 0.717) is 0 Å². The van der Waals surface area contributed by atoms with Gasteiger partial charge < -0.3 is 0 Å². The van der Waals surface area contributed by atoms with Gasteiger partial charge in [0, 0.05) is 26.1 Å². The fraction of sp³-hybridized carbons (Fsp3) is 0.294. The summed E-state index contributed by atoms with van der Waals surface area (Å²) in [5.41, 5.74) is 3.46. The number of halogens is 4. The van der Waals surface area contributed by atoms with E-state index in [4.69, 9.17) is 23.2 Å². The van der Waals surface area contributed by atoms with Crippen LogP contribution in [0.3, 0.4) is 0 Å². The van der Waals surface area contributed by atoms with Crippen LogP contribution in [0.4, 0.5) is 0 Å². The van der Waals surface area contributed by atoms with Crippen LogP contribution in [0.15, 0.2) is 42.5 Å². The van der Waals surface area contributed by atoms with Crippen LogP contribution in [0, 0.1) is 6.92 Å². The summed E-state index contributed by atoms with van der Waals surface area (Å²) in [6, 6.07) is 14.3. The SMILES string of the molecule is Cc1ccc(CC(CBr)(CBr)c2cccc(Cl)c2)c(Cl)c1. The third-order valence-electron chi connectivity index (χ3n) is 3.69. The molecule has 0 saturated heterocycles. The van der Waals surface area contributed by atoms with Gasteiger partial charge in [-0.15, -0.1) is 0 Å². The number of aryl methyl sites for hydroxylation is 1. The Labute approximate surface area is 153 Å². The van der Waals surface area contributed by atoms with Gasteiger partial charge in [-0.25, -0.2) is 0 Å². The lowest BCUT2D eigenvalue weighted by Crippen LogP contribution is -2.33. The molecular formula is C17H16Br2Cl2. The Morgan fingerprint density at radius 1 is 1.00 bits per heavy atom. The Morgan fingerprint density at radius 3 is 2.29 bits per heavy atom. The fourth-order valence-corrected chi connectivity index (χ4v) is 4.83. The largest absolute Gasteiger partial charge is 0.0918 e. The van der Waals surface area contributed by atoms with E-state index >= 15 is 0 Å². The highest BCUT2D eigenvalue weighted by molar-refractivity contribution is 9.09. The van der Waals surface area contributed by atoms with E-state index in [1.165, 1.54) is 11.1 Å². The lowest BCUT2D eigenvalue weighted by molar-refractivity contribution is 0.551. The second-order valence-electron chi connectivity index (χ2n) is 5.33. The Hall–Kier alpha value is -0.0200. The van der Waals surface area contributed by atoms with Crippen LogP contribution in [0.2, 0.25) is 10.0 Å². The zero-order chi connectivity index (χ0) is 15.5. The zero-order valence-corrected chi connectivity index (χ0v) is 16.4. The molecule has 0 aliphatic rings. The summed E-state index contributed by atoms with van der Waals surface area (Å²) in [7, 11) is 0. The molecule has 0 spiro atoms. The minimum Gasteiger partial charge on any atom is -0.0918 e. The molecule has 21 heavy (non-hydrogen) atoms. The quantitative estimate of drug-likeness (QED) is 0.452. The molecule has 0 bridgehead atoms. The van der Waals surface area contributed by atoms with Crippen LogP contribution in [0.25, 0.3) is 0 Å². The summed E-state index contributed by atoms with van der Waals surface area (Å²) in [6.45, 7) is 2.05. The Kier molecular flexibility index (Phi) is 6.19. The van der Waals surface area contributed by atoms with Crippen molar-refractivity contribution in [2.45, 2.75) is 18.8 Å². The molecule has 0 fully saturated rings. The molecule has 0 atom stereocenters. The molecule has 0 radical (unpaired) electrons. The molecule has 0 aromatic heterocycles. The van der Waals surface area contributed by atoms with Crippen molar-refractivity contribution in [3.05, 3.63) is 69.2 Å². The van der Waals surface area contributed by atoms with E-state index in [2.05, 4.69) is 57.0 Å². The average molecular weight is 451 g/mol. The fourth-order valence-electron chi connectivity index (χ4n) is 2.37. The maximum atomic E-state index is 6.41. The van der Waals surface area contributed by atoms with Crippen LogP contribution in [0.5, 0.6) is 0 Å². The molecule has 4 heteroatoms. The summed E-state index contributed by atoms with van der Waals surface area (Å²) >= 11 is 19.9. The lowest BCUT2D eigenvalue weighted by Gasteiger charge is -2.31. The first-order valence-electron chi connectivity index (χ1n) is 6.64. The second kappa shape index (κ2) is 7.50. The summed E-state index contributed by atoms with van der Waals surface area (Å²) in [5, 5.41) is 3.24. The first-order chi connectivity index (χ1) is 10.0. The molecule has 0 amide bonds. The topological polar surface area (TPSA) is 0 Å². The van der Waals surface area contributed by atoms with Gasteiger partial charge in [-0.1, -0.05) is 79.3 Å². The lowest BCUT2D eigenvalue weighted by atomic mass is 9.79. The van der Waals surface area contributed by atoms with Crippen LogP contribution in [0.1, 0.15) is 16.7 Å². The van der Waals surface area contributed by atoms with E-state index in [1.807, 2.05) is 24.3 Å². The first kappa shape index (κ1) is 17.3. The Morgan fingerprint density at radius 2 is 1.71 bits per heavy atom. The third kappa shape index (κ3) is 4.04. The maximum absolute atomic E-state index is 6.41. The summed E-state index contributed by atoms with van der Waals surface area (Å²) in [5.74, 6) is 0. The van der Waals surface area contributed by atoms with Gasteiger partial charge in [0.2, 0.25) is 0 Å². The number of benzene rings is 2. The van der Waals surface area contributed by atoms with E-state index in [9.17, 15) is 0 Å². The van der Waals surface area contributed by atoms with Gasteiger partial charge in [0.25, 0.3) is 0 Å². The molecule has 0 aliphatic heterocycles. The van der Waals surface area contributed by atoms with Gasteiger partial charge >= 0.3 is 0 Å². The molecular weight excluding hydrogens is 435 g/mol. The molecule has 0 heterocycles. The molecule has 2 rings (SSSR count). The summed E-state index contributed by atoms with van der Waals surface area (Å²) in [6.07, 6.45) is 0.850. The van der Waals surface area contributed by atoms with Crippen molar-refractivity contribution < 1.29 is 0 Å². The number of rotatable bonds is 5. The van der Waals surface area contributed by atoms with Crippen LogP contribution < -0.4 is 0 Å². The molecule has 0 unspecified atom stereocenters. The van der Waals surface area contributed by atoms with Crippen LogP contribution in [-0.2, 0) is 11.8 Å². The molecule has 2 aromatic carbocycles. The molecule has 0 N–H and O–H groups in total. The van der Waals surface area contributed by atoms with Crippen LogP contribution >= 0.6 is 55.1 Å². The highest BCUT2D eigenvalue weighted by Crippen LogP contribution is 2.36. The predicted octanol–water partition coefficient (Wildman–Crippen LogP) is 6.57. The van der Waals surface area contributed by atoms with Crippen LogP contribution in [-0.4, -0.2) is 10.7 Å². The zero-order valence-electron chi connectivity index (χ0n) is 11.7. The van der Waals surface area contributed by atoms with Crippen molar-refractivity contribution in [1.29, 1.82) is 0 Å². The second-order valence-corrected chi connectivity index (χ2v) is 7.29. The normalized spacial score (nSPS) is 11.7. The van der Waals surface area contributed by atoms with Crippen molar-refractivity contribution in [2.75, 3.05) is 10.7 Å². The van der Waals surface area contributed by atoms with Gasteiger partial charge in [-0.2, -0.15) is 0 Å². The maximum Gasteiger partial charge on any atom is 0.0440 e. The number of hydrogen-bond donors (Lipinski definition) is 0. The van der Waals surface area contributed by atoms with Crippen molar-refractivity contribution in [1.82, 2.24) is 0 Å². The van der Waals surface area contributed by atoms with Gasteiger partial charge in [-0.3, -0.25) is 0 Å². The summed E-state index contributed by atoms with van der Waals surface area (Å²) in [4.78, 5) is 0. The minimum atomic E-state index is -0.0796. The van der Waals surface area contributed by atoms with E-state index < -0.39 is 0 Å². The monoisotopic (exact) mass is 448 g/mol. The highest BCUT2D eigenvalue weighted by atomic mass is 79.9. The Balaban J connectivity index is 2.43. The van der Waals surface area contributed by atoms with Crippen molar-refractivity contribution in [2.24, 2.45) is 0 Å².